The van der Waals surface area contributed by atoms with Crippen LogP contribution < -0.4 is 0 Å². The van der Waals surface area contributed by atoms with Gasteiger partial charge in [-0.25, -0.2) is 0 Å². The minimum Gasteiger partial charge on any atom is -0.507 e. The van der Waals surface area contributed by atoms with Crippen LogP contribution >= 0.6 is 0 Å². The largest absolute Gasteiger partial charge is 0.507 e. The molecule has 1 atom stereocenters. The molecule has 0 radical (unpaired) electrons. The molecule has 0 amide bonds. The van der Waals surface area contributed by atoms with E-state index in [0.29, 0.717) is 6.42 Å². The van der Waals surface area contributed by atoms with Crippen LogP contribution in [0.25, 0.3) is 6.08 Å². The fourth-order valence-electron chi connectivity index (χ4n) is 1.63. The van der Waals surface area contributed by atoms with Crippen LogP contribution in [0.2, 0.25) is 0 Å². The summed E-state index contributed by atoms with van der Waals surface area (Å²) in [5.41, 5.74) is 1.64. The molecule has 74 valence electrons. The highest BCUT2D eigenvalue weighted by atomic mass is 16.6. The first-order valence-electron chi connectivity index (χ1n) is 4.42. The van der Waals surface area contributed by atoms with Gasteiger partial charge < -0.3 is 14.9 Å². The molecule has 3 nitrogen and oxygen atoms in total. The molecule has 3 heteroatoms. The standard InChI is InChI=1S/C11H12O3/c1-14-11(13)6-5-9-8(7-11)3-2-4-10(9)12/h2-6,12-13H,7H2,1H3. The van der Waals surface area contributed by atoms with Crippen molar-refractivity contribution in [2.75, 3.05) is 7.11 Å². The summed E-state index contributed by atoms with van der Waals surface area (Å²) in [4.78, 5) is 0. The van der Waals surface area contributed by atoms with Crippen molar-refractivity contribution in [3.8, 4) is 5.75 Å². The smallest absolute Gasteiger partial charge is 0.189 e. The number of fused-ring (bicyclic) bond motifs is 1. The molecule has 0 fully saturated rings. The second-order valence-corrected chi connectivity index (χ2v) is 3.41. The van der Waals surface area contributed by atoms with Gasteiger partial charge in [0.25, 0.3) is 0 Å². The third-order valence-corrected chi connectivity index (χ3v) is 2.48. The average Bonchev–Trinajstić information content (AvgIpc) is 2.18. The second-order valence-electron chi connectivity index (χ2n) is 3.41. The maximum Gasteiger partial charge on any atom is 0.189 e. The first-order valence-corrected chi connectivity index (χ1v) is 4.42. The van der Waals surface area contributed by atoms with Gasteiger partial charge in [0.05, 0.1) is 0 Å². The van der Waals surface area contributed by atoms with E-state index in [0.717, 1.165) is 11.1 Å². The number of aromatic hydroxyl groups is 1. The molecule has 0 heterocycles. The van der Waals surface area contributed by atoms with E-state index in [-0.39, 0.29) is 5.75 Å². The van der Waals surface area contributed by atoms with Gasteiger partial charge in [0.1, 0.15) is 5.75 Å². The fourth-order valence-corrected chi connectivity index (χ4v) is 1.63. The number of benzene rings is 1. The molecule has 0 spiro atoms. The molecular weight excluding hydrogens is 180 g/mol. The number of ether oxygens (including phenoxy) is 1. The number of rotatable bonds is 1. The van der Waals surface area contributed by atoms with E-state index in [1.165, 1.54) is 7.11 Å². The molecule has 0 saturated heterocycles. The van der Waals surface area contributed by atoms with E-state index >= 15 is 0 Å². The molecule has 0 saturated carbocycles. The molecule has 1 aliphatic rings. The fraction of sp³-hybridized carbons (Fsp3) is 0.273. The molecule has 1 aliphatic carbocycles. The van der Waals surface area contributed by atoms with Crippen molar-refractivity contribution in [2.45, 2.75) is 12.2 Å². The van der Waals surface area contributed by atoms with Crippen molar-refractivity contribution in [1.82, 2.24) is 0 Å². The number of phenols is 1. The summed E-state index contributed by atoms with van der Waals surface area (Å²) in [5.74, 6) is -1.00. The summed E-state index contributed by atoms with van der Waals surface area (Å²) in [6.07, 6.45) is 3.59. The zero-order valence-electron chi connectivity index (χ0n) is 7.90. The Morgan fingerprint density at radius 3 is 2.93 bits per heavy atom. The quantitative estimate of drug-likeness (QED) is 0.659. The van der Waals surface area contributed by atoms with Crippen LogP contribution in [0.5, 0.6) is 5.75 Å². The van der Waals surface area contributed by atoms with E-state index in [9.17, 15) is 10.2 Å². The zero-order chi connectivity index (χ0) is 10.2. The number of phenolic OH excluding ortho intramolecular Hbond substituents is 1. The molecule has 14 heavy (non-hydrogen) atoms. The molecule has 2 rings (SSSR count). The van der Waals surface area contributed by atoms with Crippen LogP contribution in [0.1, 0.15) is 11.1 Å². The molecule has 0 aliphatic heterocycles. The lowest BCUT2D eigenvalue weighted by molar-refractivity contribution is -0.144. The average molecular weight is 192 g/mol. The number of hydrogen-bond donors (Lipinski definition) is 2. The topological polar surface area (TPSA) is 49.7 Å². The second kappa shape index (κ2) is 3.12. The van der Waals surface area contributed by atoms with Gasteiger partial charge in [-0.2, -0.15) is 0 Å². The highest BCUT2D eigenvalue weighted by Crippen LogP contribution is 2.31. The van der Waals surface area contributed by atoms with E-state index in [1.54, 1.807) is 24.3 Å². The predicted octanol–water partition coefficient (Wildman–Crippen LogP) is 1.30. The molecule has 1 aromatic carbocycles. The first kappa shape index (κ1) is 9.24. The molecule has 2 N–H and O–H groups in total. The van der Waals surface area contributed by atoms with Gasteiger partial charge in [-0.3, -0.25) is 0 Å². The number of methoxy groups -OCH3 is 1. The number of aliphatic hydroxyl groups is 1. The Balaban J connectivity index is 2.46. The predicted molar refractivity (Wildman–Crippen MR) is 52.8 cm³/mol. The summed E-state index contributed by atoms with van der Waals surface area (Å²) in [6, 6.07) is 5.24. The van der Waals surface area contributed by atoms with Crippen molar-refractivity contribution < 1.29 is 14.9 Å². The van der Waals surface area contributed by atoms with Crippen LogP contribution in [0.3, 0.4) is 0 Å². The first-order chi connectivity index (χ1) is 6.64. The lowest BCUT2D eigenvalue weighted by Gasteiger charge is -2.27. The van der Waals surface area contributed by atoms with Gasteiger partial charge in [0.2, 0.25) is 0 Å². The van der Waals surface area contributed by atoms with Crippen molar-refractivity contribution in [1.29, 1.82) is 0 Å². The Hall–Kier alpha value is -1.32. The lowest BCUT2D eigenvalue weighted by atomic mass is 9.93. The van der Waals surface area contributed by atoms with Gasteiger partial charge in [-0.15, -0.1) is 0 Å². The van der Waals surface area contributed by atoms with E-state index in [1.807, 2.05) is 6.07 Å². The van der Waals surface area contributed by atoms with E-state index in [2.05, 4.69) is 0 Å². The van der Waals surface area contributed by atoms with Crippen LogP contribution in [0, 0.1) is 0 Å². The Bertz CT molecular complexity index is 384. The Labute approximate surface area is 82.3 Å². The zero-order valence-corrected chi connectivity index (χ0v) is 7.90. The highest BCUT2D eigenvalue weighted by molar-refractivity contribution is 5.64. The van der Waals surface area contributed by atoms with Gasteiger partial charge in [-0.05, 0) is 23.8 Å². The van der Waals surface area contributed by atoms with Crippen molar-refractivity contribution in [3.05, 3.63) is 35.4 Å². The van der Waals surface area contributed by atoms with Crippen LogP contribution in [-0.2, 0) is 11.2 Å². The van der Waals surface area contributed by atoms with Crippen molar-refractivity contribution >= 4 is 6.08 Å². The van der Waals surface area contributed by atoms with Crippen LogP contribution in [0.4, 0.5) is 0 Å². The Morgan fingerprint density at radius 1 is 1.43 bits per heavy atom. The Kier molecular flexibility index (Phi) is 2.06. The van der Waals surface area contributed by atoms with E-state index in [4.69, 9.17) is 4.74 Å². The molecule has 1 unspecified atom stereocenters. The van der Waals surface area contributed by atoms with Crippen LogP contribution in [0.15, 0.2) is 24.3 Å². The van der Waals surface area contributed by atoms with Crippen molar-refractivity contribution in [3.63, 3.8) is 0 Å². The molecule has 0 bridgehead atoms. The summed E-state index contributed by atoms with van der Waals surface area (Å²) in [6.45, 7) is 0. The minimum absolute atomic E-state index is 0.233. The SMILES string of the molecule is COC1(O)C=Cc2c(O)cccc2C1. The third kappa shape index (κ3) is 1.41. The highest BCUT2D eigenvalue weighted by Gasteiger charge is 2.28. The normalized spacial score (nSPS) is 24.7. The molecule has 1 aromatic rings. The summed E-state index contributed by atoms with van der Waals surface area (Å²) >= 11 is 0. The van der Waals surface area contributed by atoms with Gasteiger partial charge in [-0.1, -0.05) is 12.1 Å². The summed E-state index contributed by atoms with van der Waals surface area (Å²) in [5, 5.41) is 19.4. The van der Waals surface area contributed by atoms with Gasteiger partial charge >= 0.3 is 0 Å². The molecular formula is C11H12O3. The van der Waals surface area contributed by atoms with Crippen LogP contribution in [-0.4, -0.2) is 23.1 Å². The summed E-state index contributed by atoms with van der Waals surface area (Å²) in [7, 11) is 1.46. The Morgan fingerprint density at radius 2 is 2.21 bits per heavy atom. The van der Waals surface area contributed by atoms with Gasteiger partial charge in [0, 0.05) is 19.1 Å². The van der Waals surface area contributed by atoms with E-state index < -0.39 is 5.79 Å². The maximum absolute atomic E-state index is 9.83. The molecule has 0 aromatic heterocycles. The minimum atomic E-state index is -1.24. The number of hydrogen-bond acceptors (Lipinski definition) is 3. The van der Waals surface area contributed by atoms with Crippen molar-refractivity contribution in [2.24, 2.45) is 0 Å². The lowest BCUT2D eigenvalue weighted by Crippen LogP contribution is -2.33. The summed E-state index contributed by atoms with van der Waals surface area (Å²) < 4.78 is 4.96. The van der Waals surface area contributed by atoms with Gasteiger partial charge in [0.15, 0.2) is 5.79 Å². The monoisotopic (exact) mass is 192 g/mol. The third-order valence-electron chi connectivity index (χ3n) is 2.48. The maximum atomic E-state index is 9.83.